The zero-order chi connectivity index (χ0) is 24.2. The highest BCUT2D eigenvalue weighted by Crippen LogP contribution is 2.39. The van der Waals surface area contributed by atoms with Gasteiger partial charge in [0.25, 0.3) is 0 Å². The minimum absolute atomic E-state index is 0.0482. The van der Waals surface area contributed by atoms with Crippen molar-refractivity contribution >= 4 is 28.9 Å². The number of para-hydroxylation sites is 1. The van der Waals surface area contributed by atoms with Crippen molar-refractivity contribution in [2.75, 3.05) is 11.9 Å². The van der Waals surface area contributed by atoms with E-state index in [1.165, 1.54) is 5.56 Å². The van der Waals surface area contributed by atoms with Crippen LogP contribution in [-0.4, -0.2) is 32.0 Å². The van der Waals surface area contributed by atoms with Gasteiger partial charge in [-0.2, -0.15) is 0 Å². The van der Waals surface area contributed by atoms with Gasteiger partial charge >= 0.3 is 0 Å². The van der Waals surface area contributed by atoms with Gasteiger partial charge in [-0.1, -0.05) is 42.0 Å². The summed E-state index contributed by atoms with van der Waals surface area (Å²) in [7, 11) is 0. The van der Waals surface area contributed by atoms with Crippen molar-refractivity contribution < 1.29 is 4.79 Å². The Hall–Kier alpha value is -3.97. The minimum Gasteiger partial charge on any atom is -0.352 e. The molecule has 0 aliphatic carbocycles. The SMILES string of the molecule is Cc1ccc(-n2cccc2C2C(c3ccccn3)NC(=S)N2CCC(=O)Nc2ccccc2)cc1. The maximum Gasteiger partial charge on any atom is 0.226 e. The maximum atomic E-state index is 12.7. The molecule has 1 fully saturated rings. The van der Waals surface area contributed by atoms with Gasteiger partial charge in [0.2, 0.25) is 5.91 Å². The standard InChI is InChI=1S/C28H27N5OS/c1-20-12-14-22(15-13-20)32-18-7-11-24(32)27-26(23-10-5-6-17-29-23)31-28(35)33(27)19-16-25(34)30-21-8-3-2-4-9-21/h2-15,17-18,26-27H,16,19H2,1H3,(H,30,34)(H,31,35). The van der Waals surface area contributed by atoms with E-state index >= 15 is 0 Å². The van der Waals surface area contributed by atoms with Crippen molar-refractivity contribution in [1.29, 1.82) is 0 Å². The van der Waals surface area contributed by atoms with Crippen LogP contribution in [0.25, 0.3) is 5.69 Å². The molecule has 2 atom stereocenters. The number of aryl methyl sites for hydroxylation is 1. The highest BCUT2D eigenvalue weighted by Gasteiger charge is 2.41. The highest BCUT2D eigenvalue weighted by atomic mass is 32.1. The van der Waals surface area contributed by atoms with Crippen LogP contribution in [0, 0.1) is 6.92 Å². The van der Waals surface area contributed by atoms with E-state index < -0.39 is 0 Å². The monoisotopic (exact) mass is 481 g/mol. The van der Waals surface area contributed by atoms with Gasteiger partial charge in [-0.15, -0.1) is 0 Å². The molecule has 3 heterocycles. The predicted molar refractivity (Wildman–Crippen MR) is 142 cm³/mol. The maximum absolute atomic E-state index is 12.7. The number of aromatic nitrogens is 2. The second-order valence-corrected chi connectivity index (χ2v) is 9.01. The molecule has 1 aliphatic rings. The minimum atomic E-state index is -0.139. The predicted octanol–water partition coefficient (Wildman–Crippen LogP) is 5.18. The lowest BCUT2D eigenvalue weighted by Gasteiger charge is -2.29. The average Bonchev–Trinajstić information content (AvgIpc) is 3.48. The van der Waals surface area contributed by atoms with Crippen molar-refractivity contribution in [1.82, 2.24) is 19.8 Å². The van der Waals surface area contributed by atoms with Crippen LogP contribution >= 0.6 is 12.2 Å². The van der Waals surface area contributed by atoms with Gasteiger partial charge in [-0.05, 0) is 67.7 Å². The summed E-state index contributed by atoms with van der Waals surface area (Å²) >= 11 is 5.77. The summed E-state index contributed by atoms with van der Waals surface area (Å²) in [4.78, 5) is 19.4. The van der Waals surface area contributed by atoms with Crippen LogP contribution in [0.5, 0.6) is 0 Å². The van der Waals surface area contributed by atoms with Crippen LogP contribution in [0.15, 0.2) is 97.3 Å². The number of amides is 1. The molecule has 2 N–H and O–H groups in total. The molecule has 0 spiro atoms. The van der Waals surface area contributed by atoms with Gasteiger partial charge in [0, 0.05) is 42.4 Å². The van der Waals surface area contributed by atoms with E-state index in [-0.39, 0.29) is 18.0 Å². The van der Waals surface area contributed by atoms with E-state index in [1.807, 2.05) is 54.6 Å². The van der Waals surface area contributed by atoms with E-state index in [0.717, 1.165) is 22.8 Å². The molecule has 2 aromatic heterocycles. The Labute approximate surface area is 210 Å². The zero-order valence-corrected chi connectivity index (χ0v) is 20.3. The molecule has 0 bridgehead atoms. The summed E-state index contributed by atoms with van der Waals surface area (Å²) in [5, 5.41) is 7.06. The summed E-state index contributed by atoms with van der Waals surface area (Å²) in [6, 6.07) is 27.8. The van der Waals surface area contributed by atoms with Gasteiger partial charge in [0.05, 0.1) is 17.8 Å². The van der Waals surface area contributed by atoms with Crippen LogP contribution < -0.4 is 10.6 Å². The van der Waals surface area contributed by atoms with E-state index in [9.17, 15) is 4.79 Å². The van der Waals surface area contributed by atoms with E-state index in [0.29, 0.717) is 18.1 Å². The number of carbonyl (C=O) groups is 1. The normalized spacial score (nSPS) is 17.3. The number of hydrogen-bond acceptors (Lipinski definition) is 3. The molecule has 35 heavy (non-hydrogen) atoms. The highest BCUT2D eigenvalue weighted by molar-refractivity contribution is 7.80. The number of anilines is 1. The number of rotatable bonds is 7. The topological polar surface area (TPSA) is 62.2 Å². The average molecular weight is 482 g/mol. The molecular formula is C28H27N5OS. The molecular weight excluding hydrogens is 454 g/mol. The number of carbonyl (C=O) groups excluding carboxylic acids is 1. The Balaban J connectivity index is 1.45. The molecule has 4 aromatic rings. The van der Waals surface area contributed by atoms with Crippen molar-refractivity contribution in [3.63, 3.8) is 0 Å². The summed E-state index contributed by atoms with van der Waals surface area (Å²) in [5.41, 5.74) is 5.07. The third-order valence-electron chi connectivity index (χ3n) is 6.23. The lowest BCUT2D eigenvalue weighted by Crippen LogP contribution is -2.33. The molecule has 5 rings (SSSR count). The molecule has 2 unspecified atom stereocenters. The van der Waals surface area contributed by atoms with E-state index in [2.05, 4.69) is 68.5 Å². The quantitative estimate of drug-likeness (QED) is 0.356. The first kappa shape index (κ1) is 22.8. The van der Waals surface area contributed by atoms with Gasteiger partial charge in [0.15, 0.2) is 5.11 Å². The first-order valence-electron chi connectivity index (χ1n) is 11.7. The third kappa shape index (κ3) is 4.95. The molecule has 2 aromatic carbocycles. The molecule has 6 nitrogen and oxygen atoms in total. The van der Waals surface area contributed by atoms with Crippen molar-refractivity contribution in [2.45, 2.75) is 25.4 Å². The van der Waals surface area contributed by atoms with Gasteiger partial charge in [-0.3, -0.25) is 9.78 Å². The van der Waals surface area contributed by atoms with E-state index in [4.69, 9.17) is 12.2 Å². The third-order valence-corrected chi connectivity index (χ3v) is 6.58. The number of nitrogens with one attached hydrogen (secondary N) is 2. The Morgan fingerprint density at radius 2 is 1.77 bits per heavy atom. The second-order valence-electron chi connectivity index (χ2n) is 8.62. The fraction of sp³-hybridized carbons (Fsp3) is 0.179. The summed E-state index contributed by atoms with van der Waals surface area (Å²) in [5.74, 6) is -0.0482. The number of benzene rings is 2. The summed E-state index contributed by atoms with van der Waals surface area (Å²) < 4.78 is 2.19. The lowest BCUT2D eigenvalue weighted by atomic mass is 10.0. The van der Waals surface area contributed by atoms with E-state index in [1.54, 1.807) is 6.20 Å². The Kier molecular flexibility index (Phi) is 6.59. The molecule has 0 saturated carbocycles. The molecule has 1 aliphatic heterocycles. The van der Waals surface area contributed by atoms with Crippen LogP contribution in [0.3, 0.4) is 0 Å². The van der Waals surface area contributed by atoms with Crippen LogP contribution in [0.1, 0.15) is 35.5 Å². The fourth-order valence-corrected chi connectivity index (χ4v) is 4.84. The first-order valence-corrected chi connectivity index (χ1v) is 12.1. The van der Waals surface area contributed by atoms with Gasteiger partial charge in [0.1, 0.15) is 0 Å². The number of pyridine rings is 1. The molecule has 7 heteroatoms. The molecule has 1 amide bonds. The number of thiocarbonyl (C=S) groups is 1. The second kappa shape index (κ2) is 10.1. The van der Waals surface area contributed by atoms with Gasteiger partial charge < -0.3 is 20.1 Å². The Morgan fingerprint density at radius 1 is 1.00 bits per heavy atom. The Bertz CT molecular complexity index is 1300. The molecule has 0 radical (unpaired) electrons. The smallest absolute Gasteiger partial charge is 0.226 e. The molecule has 1 saturated heterocycles. The van der Waals surface area contributed by atoms with Crippen LogP contribution in [0.2, 0.25) is 0 Å². The summed E-state index contributed by atoms with van der Waals surface area (Å²) in [6.45, 7) is 2.57. The van der Waals surface area contributed by atoms with Gasteiger partial charge in [-0.25, -0.2) is 0 Å². The van der Waals surface area contributed by atoms with Crippen molar-refractivity contribution in [3.05, 3.63) is 114 Å². The summed E-state index contributed by atoms with van der Waals surface area (Å²) in [6.07, 6.45) is 4.18. The number of nitrogens with zero attached hydrogens (tertiary/aromatic N) is 3. The molecule has 176 valence electrons. The fourth-order valence-electron chi connectivity index (χ4n) is 4.51. The first-order chi connectivity index (χ1) is 17.1. The largest absolute Gasteiger partial charge is 0.352 e. The number of hydrogen-bond donors (Lipinski definition) is 2. The van der Waals surface area contributed by atoms with Crippen LogP contribution in [0.4, 0.5) is 5.69 Å². The van der Waals surface area contributed by atoms with Crippen molar-refractivity contribution in [3.8, 4) is 5.69 Å². The Morgan fingerprint density at radius 3 is 2.51 bits per heavy atom. The lowest BCUT2D eigenvalue weighted by molar-refractivity contribution is -0.116. The van der Waals surface area contributed by atoms with Crippen LogP contribution in [-0.2, 0) is 4.79 Å². The van der Waals surface area contributed by atoms with Crippen molar-refractivity contribution in [2.24, 2.45) is 0 Å². The zero-order valence-electron chi connectivity index (χ0n) is 19.5.